The van der Waals surface area contributed by atoms with Crippen molar-refractivity contribution < 1.29 is 23.6 Å². The minimum Gasteiger partial charge on any atom is -0.491 e. The van der Waals surface area contributed by atoms with Gasteiger partial charge in [-0.3, -0.25) is 14.5 Å². The number of nitrogens with zero attached hydrogens (tertiary/aromatic N) is 4. The molecule has 0 radical (unpaired) electrons. The van der Waals surface area contributed by atoms with E-state index in [-0.39, 0.29) is 29.2 Å². The number of carbonyl (C=O) groups is 2. The molecule has 0 saturated carbocycles. The van der Waals surface area contributed by atoms with Crippen molar-refractivity contribution in [3.63, 3.8) is 0 Å². The summed E-state index contributed by atoms with van der Waals surface area (Å²) in [5.41, 5.74) is 2.05. The Hall–Kier alpha value is -3.14. The number of methoxy groups -OCH3 is 1. The molecule has 0 aromatic carbocycles. The summed E-state index contributed by atoms with van der Waals surface area (Å²) in [6, 6.07) is 1.37. The van der Waals surface area contributed by atoms with Gasteiger partial charge in [-0.15, -0.1) is 0 Å². The normalized spacial score (nSPS) is 16.5. The molecule has 35 heavy (non-hydrogen) atoms. The number of esters is 1. The van der Waals surface area contributed by atoms with E-state index in [0.29, 0.717) is 49.8 Å². The van der Waals surface area contributed by atoms with E-state index in [1.54, 1.807) is 16.4 Å². The van der Waals surface area contributed by atoms with Gasteiger partial charge < -0.3 is 23.5 Å². The third kappa shape index (κ3) is 5.58. The molecule has 2 aliphatic heterocycles. The van der Waals surface area contributed by atoms with Gasteiger partial charge in [0.15, 0.2) is 0 Å². The van der Waals surface area contributed by atoms with Crippen molar-refractivity contribution in [2.75, 3.05) is 46.4 Å². The molecule has 4 heterocycles. The monoisotopic (exact) mass is 486 g/mol. The fourth-order valence-electron chi connectivity index (χ4n) is 4.92. The number of aryl methyl sites for hydroxylation is 2. The first-order chi connectivity index (χ1) is 16.9. The van der Waals surface area contributed by atoms with E-state index < -0.39 is 5.97 Å². The first kappa shape index (κ1) is 25.0. The summed E-state index contributed by atoms with van der Waals surface area (Å²) in [4.78, 5) is 42.8. The summed E-state index contributed by atoms with van der Waals surface area (Å²) in [6.07, 6.45) is 4.14. The maximum atomic E-state index is 13.0. The van der Waals surface area contributed by atoms with Crippen LogP contribution in [0.1, 0.15) is 52.3 Å². The summed E-state index contributed by atoms with van der Waals surface area (Å²) in [6.45, 7) is 7.84. The standard InChI is InChI=1S/C25H34N4O6/c1-17-19(18(2)35-26-17)15-22(30)28-10-7-20-24(25(32)33-3)21(16-23(31)29(20)12-11-28)34-14-13-27-8-5-4-6-9-27/h16H,4-15H2,1-3H3. The van der Waals surface area contributed by atoms with E-state index in [1.807, 2.05) is 6.92 Å². The van der Waals surface area contributed by atoms with Crippen LogP contribution in [-0.4, -0.2) is 77.8 Å². The fourth-order valence-corrected chi connectivity index (χ4v) is 4.92. The highest BCUT2D eigenvalue weighted by Crippen LogP contribution is 2.25. The Morgan fingerprint density at radius 3 is 2.54 bits per heavy atom. The van der Waals surface area contributed by atoms with E-state index >= 15 is 0 Å². The zero-order valence-electron chi connectivity index (χ0n) is 20.8. The minimum absolute atomic E-state index is 0.0714. The van der Waals surface area contributed by atoms with Gasteiger partial charge >= 0.3 is 5.97 Å². The van der Waals surface area contributed by atoms with Crippen LogP contribution in [0.2, 0.25) is 0 Å². The van der Waals surface area contributed by atoms with Crippen molar-refractivity contribution in [2.24, 2.45) is 0 Å². The lowest BCUT2D eigenvalue weighted by atomic mass is 10.1. The van der Waals surface area contributed by atoms with Crippen LogP contribution in [0.15, 0.2) is 15.4 Å². The second-order valence-corrected chi connectivity index (χ2v) is 9.17. The van der Waals surface area contributed by atoms with Crippen LogP contribution >= 0.6 is 0 Å². The third-order valence-corrected chi connectivity index (χ3v) is 6.96. The molecule has 0 bridgehead atoms. The molecule has 10 heteroatoms. The number of aromatic nitrogens is 2. The number of hydrogen-bond acceptors (Lipinski definition) is 8. The largest absolute Gasteiger partial charge is 0.491 e. The van der Waals surface area contributed by atoms with E-state index in [4.69, 9.17) is 14.0 Å². The minimum atomic E-state index is -0.544. The number of piperidine rings is 1. The number of ether oxygens (including phenoxy) is 2. The molecule has 0 N–H and O–H groups in total. The molecule has 1 saturated heterocycles. The highest BCUT2D eigenvalue weighted by Gasteiger charge is 2.28. The fraction of sp³-hybridized carbons (Fsp3) is 0.600. The Morgan fingerprint density at radius 1 is 1.09 bits per heavy atom. The van der Waals surface area contributed by atoms with Gasteiger partial charge in [-0.05, 0) is 39.8 Å². The lowest BCUT2D eigenvalue weighted by molar-refractivity contribution is -0.130. The van der Waals surface area contributed by atoms with E-state index in [1.165, 1.54) is 32.4 Å². The molecule has 2 aliphatic rings. The Labute approximate surface area is 204 Å². The molecule has 0 spiro atoms. The first-order valence-corrected chi connectivity index (χ1v) is 12.3. The van der Waals surface area contributed by atoms with E-state index in [9.17, 15) is 14.4 Å². The summed E-state index contributed by atoms with van der Waals surface area (Å²) in [5.74, 6) is 0.264. The lowest BCUT2D eigenvalue weighted by Crippen LogP contribution is -2.35. The zero-order valence-corrected chi connectivity index (χ0v) is 20.8. The van der Waals surface area contributed by atoms with Gasteiger partial charge in [0.1, 0.15) is 23.7 Å². The smallest absolute Gasteiger partial charge is 0.343 e. The number of pyridine rings is 1. The predicted octanol–water partition coefficient (Wildman–Crippen LogP) is 1.73. The highest BCUT2D eigenvalue weighted by atomic mass is 16.5. The molecular formula is C25H34N4O6. The Bertz CT molecular complexity index is 1110. The number of fused-ring (bicyclic) bond motifs is 1. The molecule has 0 atom stereocenters. The summed E-state index contributed by atoms with van der Waals surface area (Å²) >= 11 is 0. The van der Waals surface area contributed by atoms with E-state index in [0.717, 1.165) is 25.2 Å². The zero-order chi connectivity index (χ0) is 24.9. The van der Waals surface area contributed by atoms with Gasteiger partial charge in [-0.1, -0.05) is 11.6 Å². The van der Waals surface area contributed by atoms with Crippen LogP contribution in [0, 0.1) is 13.8 Å². The SMILES string of the molecule is COC(=O)c1c(OCCN2CCCCC2)cc(=O)n2c1CCN(C(=O)Cc1c(C)noc1C)CC2. The Balaban J connectivity index is 1.52. The summed E-state index contributed by atoms with van der Waals surface area (Å²) < 4.78 is 17.8. The molecular weight excluding hydrogens is 452 g/mol. The number of rotatable bonds is 7. The van der Waals surface area contributed by atoms with E-state index in [2.05, 4.69) is 10.1 Å². The van der Waals surface area contributed by atoms with Crippen molar-refractivity contribution in [3.8, 4) is 5.75 Å². The highest BCUT2D eigenvalue weighted by molar-refractivity contribution is 5.93. The molecule has 2 aromatic heterocycles. The van der Waals surface area contributed by atoms with Crippen LogP contribution in [0.5, 0.6) is 5.75 Å². The molecule has 1 amide bonds. The quantitative estimate of drug-likeness (QED) is 0.545. The van der Waals surface area contributed by atoms with Crippen molar-refractivity contribution >= 4 is 11.9 Å². The molecule has 190 valence electrons. The molecule has 2 aromatic rings. The van der Waals surface area contributed by atoms with Crippen molar-refractivity contribution in [1.29, 1.82) is 0 Å². The van der Waals surface area contributed by atoms with Crippen molar-refractivity contribution in [2.45, 2.75) is 52.5 Å². The number of hydrogen-bond donors (Lipinski definition) is 0. The Morgan fingerprint density at radius 2 is 1.86 bits per heavy atom. The molecule has 0 unspecified atom stereocenters. The van der Waals surface area contributed by atoms with Crippen molar-refractivity contribution in [1.82, 2.24) is 19.5 Å². The topological polar surface area (TPSA) is 107 Å². The van der Waals surface area contributed by atoms with Crippen LogP contribution in [0.3, 0.4) is 0 Å². The van der Waals surface area contributed by atoms with Crippen LogP contribution in [0.25, 0.3) is 0 Å². The predicted molar refractivity (Wildman–Crippen MR) is 128 cm³/mol. The number of likely N-dealkylation sites (tertiary alicyclic amines) is 1. The van der Waals surface area contributed by atoms with Gasteiger partial charge in [-0.2, -0.15) is 0 Å². The second kappa shape index (κ2) is 11.1. The van der Waals surface area contributed by atoms with Gasteiger partial charge in [0.25, 0.3) is 5.56 Å². The Kier molecular flexibility index (Phi) is 7.90. The molecule has 1 fully saturated rings. The summed E-state index contributed by atoms with van der Waals surface area (Å²) in [7, 11) is 1.32. The third-order valence-electron chi connectivity index (χ3n) is 6.96. The maximum absolute atomic E-state index is 13.0. The number of carbonyl (C=O) groups excluding carboxylic acids is 2. The molecule has 4 rings (SSSR count). The number of amides is 1. The summed E-state index contributed by atoms with van der Waals surface area (Å²) in [5, 5.41) is 3.92. The van der Waals surface area contributed by atoms with Gasteiger partial charge in [-0.25, -0.2) is 4.79 Å². The van der Waals surface area contributed by atoms with Gasteiger partial charge in [0.05, 0.1) is 19.2 Å². The maximum Gasteiger partial charge on any atom is 0.343 e. The lowest BCUT2D eigenvalue weighted by Gasteiger charge is -2.26. The second-order valence-electron chi connectivity index (χ2n) is 9.17. The molecule has 10 nitrogen and oxygen atoms in total. The average Bonchev–Trinajstić information content (AvgIpc) is 3.04. The van der Waals surface area contributed by atoms with Gasteiger partial charge in [0, 0.05) is 49.9 Å². The van der Waals surface area contributed by atoms with Crippen molar-refractivity contribution in [3.05, 3.63) is 44.7 Å². The first-order valence-electron chi connectivity index (χ1n) is 12.3. The van der Waals surface area contributed by atoms with Crippen LogP contribution < -0.4 is 10.3 Å². The molecule has 0 aliphatic carbocycles. The van der Waals surface area contributed by atoms with Gasteiger partial charge in [0.2, 0.25) is 5.91 Å². The average molecular weight is 487 g/mol. The van der Waals surface area contributed by atoms with Crippen LogP contribution in [-0.2, 0) is 28.9 Å². The van der Waals surface area contributed by atoms with Crippen LogP contribution in [0.4, 0.5) is 0 Å².